The van der Waals surface area contributed by atoms with Crippen molar-refractivity contribution in [2.75, 3.05) is 12.3 Å². The fourth-order valence-corrected chi connectivity index (χ4v) is 6.62. The highest BCUT2D eigenvalue weighted by molar-refractivity contribution is 7.49. The van der Waals surface area contributed by atoms with Gasteiger partial charge in [0.1, 0.15) is 17.7 Å². The van der Waals surface area contributed by atoms with Crippen molar-refractivity contribution < 1.29 is 41.2 Å². The maximum Gasteiger partial charge on any atom is 0.530 e. The number of phosphoric ester groups is 1. The van der Waals surface area contributed by atoms with Crippen LogP contribution in [0.2, 0.25) is 0 Å². The van der Waals surface area contributed by atoms with Crippen LogP contribution >= 0.6 is 7.82 Å². The van der Waals surface area contributed by atoms with Gasteiger partial charge in [0.2, 0.25) is 6.23 Å². The van der Waals surface area contributed by atoms with E-state index in [1.165, 1.54) is 51.0 Å². The first-order valence-electron chi connectivity index (χ1n) is 15.9. The summed E-state index contributed by atoms with van der Waals surface area (Å²) in [7, 11) is -4.21. The molecule has 11 nitrogen and oxygen atoms in total. The molecule has 1 aromatic carbocycles. The third-order valence-electron chi connectivity index (χ3n) is 7.90. The SMILES string of the molecule is CCCCCCCCCCCCCCC(=O)O[C@@H]1C(COP2(=O)OCc3ccccc3O2)OC(n2ccc(N)nc2=O)C1(F)F. The van der Waals surface area contributed by atoms with Crippen molar-refractivity contribution in [3.05, 3.63) is 52.6 Å². The first-order valence-corrected chi connectivity index (χ1v) is 17.3. The third kappa shape index (κ3) is 9.81. The molecule has 0 radical (unpaired) electrons. The Morgan fingerprint density at radius 3 is 2.36 bits per heavy atom. The summed E-state index contributed by atoms with van der Waals surface area (Å²) in [5.74, 6) is -4.60. The van der Waals surface area contributed by atoms with E-state index in [9.17, 15) is 14.2 Å². The molecule has 4 rings (SSSR count). The molecule has 3 heterocycles. The molecule has 0 spiro atoms. The fraction of sp³-hybridized carbons (Fsp3) is 0.645. The van der Waals surface area contributed by atoms with Gasteiger partial charge in [0.15, 0.2) is 6.10 Å². The van der Waals surface area contributed by atoms with Crippen LogP contribution in [0.25, 0.3) is 0 Å². The minimum atomic E-state index is -4.21. The summed E-state index contributed by atoms with van der Waals surface area (Å²) < 4.78 is 72.1. The quantitative estimate of drug-likeness (QED) is 0.100. The normalized spacial score (nSPS) is 23.8. The number of para-hydroxylation sites is 1. The average Bonchev–Trinajstić information content (AvgIpc) is 3.25. The first-order chi connectivity index (χ1) is 21.6. The molecule has 3 unspecified atom stereocenters. The van der Waals surface area contributed by atoms with Gasteiger partial charge in [0, 0.05) is 18.2 Å². The minimum Gasteiger partial charge on any atom is -0.453 e. The molecule has 2 aliphatic rings. The van der Waals surface area contributed by atoms with Crippen molar-refractivity contribution in [3.8, 4) is 5.75 Å². The number of nitrogens with two attached hydrogens (primary N) is 1. The number of nitrogens with zero attached hydrogens (tertiary/aromatic N) is 2. The molecule has 2 N–H and O–H groups in total. The molecular formula is C31H44F2N3O8P. The first kappa shape index (κ1) is 35.0. The number of rotatable bonds is 18. The van der Waals surface area contributed by atoms with E-state index in [1.807, 2.05) is 0 Å². The van der Waals surface area contributed by atoms with Crippen molar-refractivity contribution >= 4 is 19.6 Å². The Hall–Kier alpha value is -2.86. The zero-order valence-corrected chi connectivity index (χ0v) is 26.6. The fourth-order valence-electron chi connectivity index (χ4n) is 5.40. The van der Waals surface area contributed by atoms with Gasteiger partial charge in [0.05, 0.1) is 13.2 Å². The van der Waals surface area contributed by atoms with E-state index in [0.29, 0.717) is 16.6 Å². The van der Waals surface area contributed by atoms with E-state index >= 15 is 8.78 Å². The smallest absolute Gasteiger partial charge is 0.453 e. The molecule has 1 saturated heterocycles. The molecule has 14 heteroatoms. The number of aromatic nitrogens is 2. The summed E-state index contributed by atoms with van der Waals surface area (Å²) >= 11 is 0. The Kier molecular flexibility index (Phi) is 12.9. The molecule has 0 amide bonds. The van der Waals surface area contributed by atoms with Gasteiger partial charge >= 0.3 is 25.4 Å². The number of nitrogen functional groups attached to an aromatic ring is 1. The number of alkyl halides is 2. The van der Waals surface area contributed by atoms with Crippen LogP contribution in [0.5, 0.6) is 5.75 Å². The monoisotopic (exact) mass is 655 g/mol. The van der Waals surface area contributed by atoms with Crippen LogP contribution in [0.3, 0.4) is 0 Å². The number of hydrogen-bond donors (Lipinski definition) is 1. The second kappa shape index (κ2) is 16.6. The highest BCUT2D eigenvalue weighted by Gasteiger charge is 2.63. The number of ether oxygens (including phenoxy) is 2. The Labute approximate surface area is 262 Å². The zero-order valence-electron chi connectivity index (χ0n) is 25.7. The number of esters is 1. The van der Waals surface area contributed by atoms with Crippen LogP contribution in [-0.4, -0.2) is 40.3 Å². The number of anilines is 1. The molecule has 4 atom stereocenters. The van der Waals surface area contributed by atoms with Crippen LogP contribution in [0, 0.1) is 0 Å². The Balaban J connectivity index is 1.31. The number of phosphoric acid groups is 1. The van der Waals surface area contributed by atoms with Gasteiger partial charge in [-0.3, -0.25) is 18.4 Å². The molecule has 0 aliphatic carbocycles. The zero-order chi connectivity index (χ0) is 32.3. The van der Waals surface area contributed by atoms with Crippen LogP contribution in [0.4, 0.5) is 14.6 Å². The summed E-state index contributed by atoms with van der Waals surface area (Å²) in [6, 6.07) is 7.88. The lowest BCUT2D eigenvalue weighted by molar-refractivity contribution is -0.176. The highest BCUT2D eigenvalue weighted by Crippen LogP contribution is 2.55. The Morgan fingerprint density at radius 2 is 1.69 bits per heavy atom. The van der Waals surface area contributed by atoms with Gasteiger partial charge in [-0.15, -0.1) is 0 Å². The molecule has 0 bridgehead atoms. The summed E-state index contributed by atoms with van der Waals surface area (Å²) in [5, 5.41) is 0. The lowest BCUT2D eigenvalue weighted by Crippen LogP contribution is -2.44. The van der Waals surface area contributed by atoms with Gasteiger partial charge in [-0.25, -0.2) is 9.36 Å². The maximum absolute atomic E-state index is 15.8. The van der Waals surface area contributed by atoms with Crippen molar-refractivity contribution in [1.29, 1.82) is 0 Å². The number of unbranched alkanes of at least 4 members (excludes halogenated alkanes) is 11. The van der Waals surface area contributed by atoms with Crippen molar-refractivity contribution in [2.24, 2.45) is 0 Å². The number of carbonyl (C=O) groups excluding carboxylic acids is 1. The maximum atomic E-state index is 15.8. The number of halogens is 2. The summed E-state index contributed by atoms with van der Waals surface area (Å²) in [4.78, 5) is 28.6. The predicted molar refractivity (Wildman–Crippen MR) is 163 cm³/mol. The summed E-state index contributed by atoms with van der Waals surface area (Å²) in [6.45, 7) is 1.39. The molecule has 1 fully saturated rings. The minimum absolute atomic E-state index is 0.0624. The van der Waals surface area contributed by atoms with Crippen LogP contribution in [-0.2, 0) is 34.5 Å². The van der Waals surface area contributed by atoms with Crippen molar-refractivity contribution in [2.45, 2.75) is 121 Å². The average molecular weight is 656 g/mol. The van der Waals surface area contributed by atoms with Gasteiger partial charge in [0.25, 0.3) is 0 Å². The Morgan fingerprint density at radius 1 is 1.04 bits per heavy atom. The van der Waals surface area contributed by atoms with Gasteiger partial charge in [-0.2, -0.15) is 13.8 Å². The number of benzene rings is 1. The van der Waals surface area contributed by atoms with E-state index in [1.54, 1.807) is 24.3 Å². The van der Waals surface area contributed by atoms with Crippen LogP contribution in [0.1, 0.15) is 102 Å². The van der Waals surface area contributed by atoms with E-state index in [2.05, 4.69) is 11.9 Å². The van der Waals surface area contributed by atoms with Crippen LogP contribution in [0.15, 0.2) is 41.3 Å². The molecule has 2 aromatic rings. The summed E-state index contributed by atoms with van der Waals surface area (Å²) in [5.41, 5.74) is 5.07. The lowest BCUT2D eigenvalue weighted by Gasteiger charge is -2.27. The standard InChI is InChI=1S/C31H44F2N3O8P/c1-2-3-4-5-6-7-8-9-10-11-12-13-18-27(37)43-28-25(22-41-45(39)40-21-23-16-14-15-17-24(23)44-45)42-29(31(28,32)33)36-20-19-26(34)35-30(36)38/h14-17,19-20,25,28-29H,2-13,18,21-22H2,1H3,(H2,34,35,38)/t25?,28-,29?,45?/m1/s1. The van der Waals surface area contributed by atoms with Crippen molar-refractivity contribution in [3.63, 3.8) is 0 Å². The second-order valence-corrected chi connectivity index (χ2v) is 13.1. The molecular weight excluding hydrogens is 611 g/mol. The predicted octanol–water partition coefficient (Wildman–Crippen LogP) is 7.10. The van der Waals surface area contributed by atoms with Crippen molar-refractivity contribution in [1.82, 2.24) is 9.55 Å². The molecule has 250 valence electrons. The van der Waals surface area contributed by atoms with Crippen LogP contribution < -0.4 is 15.9 Å². The second-order valence-electron chi connectivity index (χ2n) is 11.5. The molecule has 0 saturated carbocycles. The number of carbonyl (C=O) groups is 1. The van der Waals surface area contributed by atoms with Gasteiger partial charge in [-0.1, -0.05) is 95.8 Å². The topological polar surface area (TPSA) is 141 Å². The number of hydrogen-bond acceptors (Lipinski definition) is 10. The Bertz CT molecular complexity index is 1360. The number of fused-ring (bicyclic) bond motifs is 1. The van der Waals surface area contributed by atoms with E-state index in [-0.39, 0.29) is 24.6 Å². The molecule has 45 heavy (non-hydrogen) atoms. The van der Waals surface area contributed by atoms with E-state index in [4.69, 9.17) is 28.8 Å². The van der Waals surface area contributed by atoms with E-state index < -0.39 is 50.4 Å². The summed E-state index contributed by atoms with van der Waals surface area (Å²) in [6.07, 6.45) is 8.20. The largest absolute Gasteiger partial charge is 0.530 e. The highest BCUT2D eigenvalue weighted by atomic mass is 31.2. The third-order valence-corrected chi connectivity index (χ3v) is 9.24. The van der Waals surface area contributed by atoms with Gasteiger partial charge < -0.3 is 19.7 Å². The molecule has 1 aromatic heterocycles. The van der Waals surface area contributed by atoms with Gasteiger partial charge in [-0.05, 0) is 18.6 Å². The molecule has 2 aliphatic heterocycles. The van der Waals surface area contributed by atoms with E-state index in [0.717, 1.165) is 31.9 Å². The lowest BCUT2D eigenvalue weighted by atomic mass is 10.0.